The molecule has 7 nitrogen and oxygen atoms in total. The molecule has 0 saturated heterocycles. The summed E-state index contributed by atoms with van der Waals surface area (Å²) >= 11 is 0. The first-order valence-corrected chi connectivity index (χ1v) is 8.44. The number of nitrogens with two attached hydrogens (primary N) is 1. The summed E-state index contributed by atoms with van der Waals surface area (Å²) in [5, 5.41) is 8.64. The Balaban J connectivity index is 2.43. The number of nitrogens with one attached hydrogen (secondary N) is 3. The Kier molecular flexibility index (Phi) is 8.49. The van der Waals surface area contributed by atoms with Crippen molar-refractivity contribution >= 4 is 11.8 Å². The maximum absolute atomic E-state index is 12.3. The summed E-state index contributed by atoms with van der Waals surface area (Å²) in [4.78, 5) is 24.3. The molecular weight excluding hydrogens is 308 g/mol. The minimum atomic E-state index is -0.543. The van der Waals surface area contributed by atoms with E-state index in [0.717, 1.165) is 5.76 Å². The molecule has 0 unspecified atom stereocenters. The molecule has 1 aromatic heterocycles. The van der Waals surface area contributed by atoms with Crippen molar-refractivity contribution in [2.45, 2.75) is 52.2 Å². The predicted molar refractivity (Wildman–Crippen MR) is 93.3 cm³/mol. The van der Waals surface area contributed by atoms with Gasteiger partial charge in [0.1, 0.15) is 11.8 Å². The summed E-state index contributed by atoms with van der Waals surface area (Å²) in [5.41, 5.74) is 6.03. The van der Waals surface area contributed by atoms with Crippen molar-refractivity contribution in [2.24, 2.45) is 11.7 Å². The Bertz CT molecular complexity index is 502. The first-order chi connectivity index (χ1) is 11.3. The van der Waals surface area contributed by atoms with Gasteiger partial charge in [0.25, 0.3) is 0 Å². The Morgan fingerprint density at radius 1 is 1.25 bits per heavy atom. The van der Waals surface area contributed by atoms with Gasteiger partial charge >= 0.3 is 0 Å². The van der Waals surface area contributed by atoms with E-state index in [9.17, 15) is 9.59 Å². The van der Waals surface area contributed by atoms with Crippen molar-refractivity contribution in [1.82, 2.24) is 16.0 Å². The molecule has 7 heteroatoms. The number of likely N-dealkylation sites (N-methyl/N-ethyl adjacent to an activating group) is 1. The van der Waals surface area contributed by atoms with E-state index in [0.29, 0.717) is 19.5 Å². The molecule has 0 spiro atoms. The third-order valence-electron chi connectivity index (χ3n) is 3.72. The Morgan fingerprint density at radius 3 is 2.50 bits per heavy atom. The fraction of sp³-hybridized carbons (Fsp3) is 0.647. The molecule has 1 heterocycles. The maximum Gasteiger partial charge on any atom is 0.242 e. The third kappa shape index (κ3) is 6.72. The molecule has 0 radical (unpaired) electrons. The average molecular weight is 338 g/mol. The first-order valence-electron chi connectivity index (χ1n) is 8.44. The molecule has 3 atom stereocenters. The van der Waals surface area contributed by atoms with Crippen molar-refractivity contribution in [3.63, 3.8) is 0 Å². The van der Waals surface area contributed by atoms with Crippen LogP contribution in [-0.4, -0.2) is 43.0 Å². The number of hydrogen-bond acceptors (Lipinski definition) is 5. The van der Waals surface area contributed by atoms with Crippen LogP contribution in [0.1, 0.15) is 33.5 Å². The van der Waals surface area contributed by atoms with Crippen LogP contribution in [0.5, 0.6) is 0 Å². The lowest BCUT2D eigenvalue weighted by Crippen LogP contribution is -2.55. The summed E-state index contributed by atoms with van der Waals surface area (Å²) < 4.78 is 5.26. The number of rotatable bonds is 10. The number of amides is 2. The van der Waals surface area contributed by atoms with Crippen LogP contribution in [0.25, 0.3) is 0 Å². The number of carbonyl (C=O) groups is 2. The molecule has 0 saturated carbocycles. The van der Waals surface area contributed by atoms with Gasteiger partial charge in [0.2, 0.25) is 11.8 Å². The largest absolute Gasteiger partial charge is 0.469 e. The average Bonchev–Trinajstić information content (AvgIpc) is 3.02. The van der Waals surface area contributed by atoms with Crippen LogP contribution in [0, 0.1) is 5.92 Å². The molecule has 5 N–H and O–H groups in total. The van der Waals surface area contributed by atoms with Crippen LogP contribution in [-0.2, 0) is 16.0 Å². The zero-order valence-electron chi connectivity index (χ0n) is 15.0. The van der Waals surface area contributed by atoms with Gasteiger partial charge in [-0.1, -0.05) is 13.8 Å². The van der Waals surface area contributed by atoms with Crippen LogP contribution < -0.4 is 21.7 Å². The second-order valence-corrected chi connectivity index (χ2v) is 6.30. The lowest BCUT2D eigenvalue weighted by atomic mass is 10.0. The normalized spacial score (nSPS) is 14.9. The monoisotopic (exact) mass is 338 g/mol. The lowest BCUT2D eigenvalue weighted by Gasteiger charge is -2.24. The lowest BCUT2D eigenvalue weighted by molar-refractivity contribution is -0.130. The number of hydrogen-bond donors (Lipinski definition) is 4. The smallest absolute Gasteiger partial charge is 0.242 e. The Hall–Kier alpha value is -1.86. The van der Waals surface area contributed by atoms with Crippen molar-refractivity contribution in [1.29, 1.82) is 0 Å². The third-order valence-corrected chi connectivity index (χ3v) is 3.72. The highest BCUT2D eigenvalue weighted by atomic mass is 16.3. The number of furan rings is 1. The quantitative estimate of drug-likeness (QED) is 0.494. The fourth-order valence-corrected chi connectivity index (χ4v) is 2.28. The highest BCUT2D eigenvalue weighted by molar-refractivity contribution is 5.89. The van der Waals surface area contributed by atoms with E-state index in [-0.39, 0.29) is 23.8 Å². The molecule has 1 rings (SSSR count). The first kappa shape index (κ1) is 20.2. The molecule has 136 valence electrons. The van der Waals surface area contributed by atoms with Gasteiger partial charge in [0, 0.05) is 25.6 Å². The van der Waals surface area contributed by atoms with Crippen molar-refractivity contribution in [2.75, 3.05) is 13.1 Å². The van der Waals surface area contributed by atoms with Gasteiger partial charge in [0.05, 0.1) is 12.3 Å². The van der Waals surface area contributed by atoms with Gasteiger partial charge in [-0.2, -0.15) is 0 Å². The van der Waals surface area contributed by atoms with Gasteiger partial charge in [-0.25, -0.2) is 0 Å². The second-order valence-electron chi connectivity index (χ2n) is 6.30. The van der Waals surface area contributed by atoms with Gasteiger partial charge in [-0.3, -0.25) is 9.59 Å². The SMILES string of the molecule is CCNC(=O)[C@@H](NC(=O)[C@H](C)NC[C@@H](N)Cc1ccco1)C(C)C. The Morgan fingerprint density at radius 2 is 1.96 bits per heavy atom. The molecule has 24 heavy (non-hydrogen) atoms. The van der Waals surface area contributed by atoms with Gasteiger partial charge in [-0.05, 0) is 31.9 Å². The van der Waals surface area contributed by atoms with E-state index in [2.05, 4.69) is 16.0 Å². The van der Waals surface area contributed by atoms with Crippen LogP contribution in [0.2, 0.25) is 0 Å². The number of carbonyl (C=O) groups excluding carboxylic acids is 2. The second kappa shape index (κ2) is 10.1. The van der Waals surface area contributed by atoms with Crippen LogP contribution in [0.3, 0.4) is 0 Å². The molecule has 0 aliphatic rings. The Labute approximate surface area is 143 Å². The van der Waals surface area contributed by atoms with E-state index in [1.165, 1.54) is 0 Å². The molecule has 0 fully saturated rings. The molecule has 0 bridgehead atoms. The molecule has 2 amide bonds. The van der Waals surface area contributed by atoms with Crippen molar-refractivity contribution < 1.29 is 14.0 Å². The summed E-state index contributed by atoms with van der Waals surface area (Å²) in [5.74, 6) is 0.444. The zero-order chi connectivity index (χ0) is 18.1. The van der Waals surface area contributed by atoms with E-state index >= 15 is 0 Å². The summed E-state index contributed by atoms with van der Waals surface area (Å²) in [7, 11) is 0. The van der Waals surface area contributed by atoms with Crippen molar-refractivity contribution in [3.8, 4) is 0 Å². The minimum Gasteiger partial charge on any atom is -0.469 e. The fourth-order valence-electron chi connectivity index (χ4n) is 2.28. The van der Waals surface area contributed by atoms with Gasteiger partial charge in [0.15, 0.2) is 0 Å². The van der Waals surface area contributed by atoms with E-state index in [4.69, 9.17) is 10.2 Å². The van der Waals surface area contributed by atoms with E-state index in [1.54, 1.807) is 13.2 Å². The molecule has 1 aromatic rings. The van der Waals surface area contributed by atoms with Crippen molar-refractivity contribution in [3.05, 3.63) is 24.2 Å². The highest BCUT2D eigenvalue weighted by Crippen LogP contribution is 2.04. The highest BCUT2D eigenvalue weighted by Gasteiger charge is 2.25. The zero-order valence-corrected chi connectivity index (χ0v) is 15.0. The molecule has 0 aliphatic carbocycles. The standard InChI is InChI=1S/C17H30N4O3/c1-5-19-17(23)15(11(2)3)21-16(22)12(4)20-10-13(18)9-14-7-6-8-24-14/h6-8,11-13,15,20H,5,9-10,18H2,1-4H3,(H,19,23)(H,21,22)/t12-,13-,15-/m0/s1. The van der Waals surface area contributed by atoms with E-state index in [1.807, 2.05) is 32.9 Å². The molecule has 0 aliphatic heterocycles. The van der Waals surface area contributed by atoms with Gasteiger partial charge in [-0.15, -0.1) is 0 Å². The minimum absolute atomic E-state index is 0.00825. The molecule has 0 aromatic carbocycles. The topological polar surface area (TPSA) is 109 Å². The van der Waals surface area contributed by atoms with E-state index < -0.39 is 12.1 Å². The van der Waals surface area contributed by atoms with Crippen LogP contribution in [0.4, 0.5) is 0 Å². The van der Waals surface area contributed by atoms with Gasteiger partial charge < -0.3 is 26.1 Å². The molecular formula is C17H30N4O3. The summed E-state index contributed by atoms with van der Waals surface area (Å²) in [6.07, 6.45) is 2.21. The van der Waals surface area contributed by atoms with Crippen LogP contribution >= 0.6 is 0 Å². The summed E-state index contributed by atoms with van der Waals surface area (Å²) in [6.45, 7) is 8.41. The van der Waals surface area contributed by atoms with Crippen LogP contribution in [0.15, 0.2) is 22.8 Å². The predicted octanol–water partition coefficient (Wildman–Crippen LogP) is 0.404. The summed E-state index contributed by atoms with van der Waals surface area (Å²) in [6, 6.07) is 2.55. The maximum atomic E-state index is 12.3.